The van der Waals surface area contributed by atoms with E-state index < -0.39 is 0 Å². The van der Waals surface area contributed by atoms with Crippen LogP contribution in [0, 0.1) is 0 Å². The van der Waals surface area contributed by atoms with E-state index in [1.807, 2.05) is 11.8 Å². The molecule has 0 amide bonds. The Hall–Kier alpha value is 0.829. The molecule has 1 saturated heterocycles. The molecule has 1 nitrogen and oxygen atoms in total. The summed E-state index contributed by atoms with van der Waals surface area (Å²) < 4.78 is 6.23. The molecule has 78 valence electrons. The van der Waals surface area contributed by atoms with Gasteiger partial charge < -0.3 is 0 Å². The van der Waals surface area contributed by atoms with Gasteiger partial charge in [-0.15, -0.1) is 0 Å². The number of hydrogen-bond donors (Lipinski definition) is 0. The number of thioether (sulfide) groups is 1. The zero-order valence-electron chi connectivity index (χ0n) is 9.05. The van der Waals surface area contributed by atoms with Crippen LogP contribution in [-0.4, -0.2) is 30.1 Å². The van der Waals surface area contributed by atoms with Gasteiger partial charge in [0, 0.05) is 0 Å². The van der Waals surface area contributed by atoms with Gasteiger partial charge in [-0.3, -0.25) is 0 Å². The third-order valence-corrected chi connectivity index (χ3v) is 7.50. The molecule has 0 aromatic rings. The molecule has 0 aromatic heterocycles. The van der Waals surface area contributed by atoms with Gasteiger partial charge in [0.15, 0.2) is 0 Å². The summed E-state index contributed by atoms with van der Waals surface area (Å²) in [4.78, 5) is 0. The van der Waals surface area contributed by atoms with E-state index in [2.05, 4.69) is 27.7 Å². The fraction of sp³-hybridized carbons (Fsp3) is 1.00. The molecule has 1 atom stereocenters. The number of unbranched alkanes of at least 4 members (excludes halogenated alkanes) is 1. The zero-order chi connectivity index (χ0) is 9.95. The molecular formula is C10H20OSSe. The number of hydrogen-bond acceptors (Lipinski definition) is 2. The summed E-state index contributed by atoms with van der Waals surface area (Å²) in [6.07, 6.45) is 2.61. The third kappa shape index (κ3) is 3.83. The molecule has 1 unspecified atom stereocenters. The molecule has 3 heteroatoms. The quantitative estimate of drug-likeness (QED) is 0.571. The van der Waals surface area contributed by atoms with Crippen LogP contribution in [0.4, 0.5) is 0 Å². The van der Waals surface area contributed by atoms with Crippen molar-refractivity contribution < 1.29 is 4.74 Å². The molecule has 0 aliphatic carbocycles. The average Bonchev–Trinajstić information content (AvgIpc) is 2.27. The van der Waals surface area contributed by atoms with E-state index in [0.29, 0.717) is 15.0 Å². The monoisotopic (exact) mass is 268 g/mol. The average molecular weight is 267 g/mol. The Morgan fingerprint density at radius 2 is 2.08 bits per heavy atom. The van der Waals surface area contributed by atoms with Crippen molar-refractivity contribution in [2.24, 2.45) is 0 Å². The van der Waals surface area contributed by atoms with E-state index in [4.69, 9.17) is 4.74 Å². The Labute approximate surface area is 92.5 Å². The summed E-state index contributed by atoms with van der Waals surface area (Å²) in [5, 5.41) is 1.26. The molecule has 1 aliphatic rings. The van der Waals surface area contributed by atoms with Gasteiger partial charge >= 0.3 is 92.5 Å². The molecule has 1 fully saturated rings. The van der Waals surface area contributed by atoms with Gasteiger partial charge in [0.05, 0.1) is 0 Å². The van der Waals surface area contributed by atoms with Gasteiger partial charge in [-0.05, 0) is 0 Å². The summed E-state index contributed by atoms with van der Waals surface area (Å²) >= 11 is 2.67. The molecule has 1 rings (SSSR count). The van der Waals surface area contributed by atoms with Crippen molar-refractivity contribution in [3.63, 3.8) is 0 Å². The minimum atomic E-state index is 0.133. The molecule has 1 aliphatic heterocycles. The summed E-state index contributed by atoms with van der Waals surface area (Å²) in [5.74, 6) is 1.25. The predicted molar refractivity (Wildman–Crippen MR) is 61.5 cm³/mol. The molecule has 0 spiro atoms. The van der Waals surface area contributed by atoms with Crippen LogP contribution in [0.1, 0.15) is 40.5 Å². The predicted octanol–water partition coefficient (Wildman–Crippen LogP) is 3.12. The Bertz CT molecular complexity index is 172. The van der Waals surface area contributed by atoms with Crippen LogP contribution < -0.4 is 0 Å². The Balaban J connectivity index is 2.32. The number of ether oxygens (including phenoxy) is 1. The first-order chi connectivity index (χ1) is 5.97. The molecule has 1 heterocycles. The Morgan fingerprint density at radius 3 is 2.54 bits per heavy atom. The minimum absolute atomic E-state index is 0.133. The van der Waals surface area contributed by atoms with Gasteiger partial charge in [-0.2, -0.15) is 0 Å². The second-order valence-corrected chi connectivity index (χ2v) is 9.12. The first-order valence-electron chi connectivity index (χ1n) is 4.95. The Morgan fingerprint density at radius 1 is 1.38 bits per heavy atom. The molecule has 0 radical (unpaired) electrons. The summed E-state index contributed by atoms with van der Waals surface area (Å²) in [7, 11) is 0. The molecular weight excluding hydrogens is 247 g/mol. The van der Waals surface area contributed by atoms with Crippen molar-refractivity contribution in [3.8, 4) is 0 Å². The normalized spacial score (nSPS) is 32.3. The van der Waals surface area contributed by atoms with Gasteiger partial charge in [-0.25, -0.2) is 0 Å². The van der Waals surface area contributed by atoms with E-state index in [0.717, 1.165) is 0 Å². The second-order valence-electron chi connectivity index (χ2n) is 4.21. The first-order valence-corrected chi connectivity index (χ1v) is 8.01. The topological polar surface area (TPSA) is 9.23 Å². The fourth-order valence-corrected chi connectivity index (χ4v) is 5.87. The van der Waals surface area contributed by atoms with Crippen molar-refractivity contribution in [2.45, 2.75) is 55.3 Å². The van der Waals surface area contributed by atoms with E-state index in [1.54, 1.807) is 0 Å². The van der Waals surface area contributed by atoms with Crippen molar-refractivity contribution in [1.82, 2.24) is 0 Å². The van der Waals surface area contributed by atoms with Crippen molar-refractivity contribution >= 4 is 26.7 Å². The van der Waals surface area contributed by atoms with E-state index >= 15 is 0 Å². The molecule has 0 saturated carbocycles. The van der Waals surface area contributed by atoms with Gasteiger partial charge in [0.1, 0.15) is 0 Å². The SMILES string of the molecule is CCCCSC1(C)OC(C)(C)C[Se]1. The van der Waals surface area contributed by atoms with E-state index in [-0.39, 0.29) is 9.43 Å². The summed E-state index contributed by atoms with van der Waals surface area (Å²) in [5.41, 5.74) is 0.133. The van der Waals surface area contributed by atoms with Crippen LogP contribution in [-0.2, 0) is 4.74 Å². The van der Waals surface area contributed by atoms with Crippen molar-refractivity contribution in [3.05, 3.63) is 0 Å². The first kappa shape index (κ1) is 11.9. The van der Waals surface area contributed by atoms with Crippen molar-refractivity contribution in [2.75, 3.05) is 5.75 Å². The van der Waals surface area contributed by atoms with Crippen LogP contribution in [0.25, 0.3) is 0 Å². The van der Waals surface area contributed by atoms with E-state index in [1.165, 1.54) is 23.9 Å². The molecule has 0 aromatic carbocycles. The van der Waals surface area contributed by atoms with Crippen LogP contribution in [0.5, 0.6) is 0 Å². The zero-order valence-corrected chi connectivity index (χ0v) is 11.6. The maximum atomic E-state index is 6.07. The Kier molecular flexibility index (Phi) is 4.18. The van der Waals surface area contributed by atoms with E-state index in [9.17, 15) is 0 Å². The van der Waals surface area contributed by atoms with Crippen LogP contribution in [0.2, 0.25) is 5.32 Å². The van der Waals surface area contributed by atoms with Crippen LogP contribution in [0.3, 0.4) is 0 Å². The fourth-order valence-electron chi connectivity index (χ4n) is 1.34. The second kappa shape index (κ2) is 4.57. The van der Waals surface area contributed by atoms with Crippen LogP contribution >= 0.6 is 11.8 Å². The standard InChI is InChI=1S/C10H20OSSe/c1-5-6-7-12-10(4)11-9(2,3)8-13-10/h5-8H2,1-4H3. The maximum absolute atomic E-state index is 6.07. The van der Waals surface area contributed by atoms with Crippen LogP contribution in [0.15, 0.2) is 0 Å². The summed E-state index contributed by atoms with van der Waals surface area (Å²) in [6, 6.07) is 0. The number of rotatable bonds is 4. The molecule has 0 N–H and O–H groups in total. The van der Waals surface area contributed by atoms with Gasteiger partial charge in [-0.1, -0.05) is 0 Å². The van der Waals surface area contributed by atoms with Gasteiger partial charge in [0.2, 0.25) is 0 Å². The summed E-state index contributed by atoms with van der Waals surface area (Å²) in [6.45, 7) is 8.93. The van der Waals surface area contributed by atoms with Crippen molar-refractivity contribution in [1.29, 1.82) is 0 Å². The molecule has 0 bridgehead atoms. The third-order valence-electron chi connectivity index (χ3n) is 2.01. The van der Waals surface area contributed by atoms with Gasteiger partial charge in [0.25, 0.3) is 0 Å². The molecule has 13 heavy (non-hydrogen) atoms.